The highest BCUT2D eigenvalue weighted by Gasteiger charge is 2.17. The van der Waals surface area contributed by atoms with Gasteiger partial charge in [-0.1, -0.05) is 20.8 Å². The van der Waals surface area contributed by atoms with Gasteiger partial charge in [-0.2, -0.15) is 0 Å². The summed E-state index contributed by atoms with van der Waals surface area (Å²) in [5.74, 6) is 1.52. The van der Waals surface area contributed by atoms with Gasteiger partial charge in [-0.25, -0.2) is 0 Å². The average molecular weight is 242 g/mol. The highest BCUT2D eigenvalue weighted by atomic mass is 16.5. The van der Waals surface area contributed by atoms with Gasteiger partial charge in [-0.3, -0.25) is 0 Å². The van der Waals surface area contributed by atoms with Crippen molar-refractivity contribution in [2.45, 2.75) is 33.6 Å². The highest BCUT2D eigenvalue weighted by Crippen LogP contribution is 2.15. The molecule has 0 aliphatic carbocycles. The Morgan fingerprint density at radius 3 is 2.59 bits per heavy atom. The van der Waals surface area contributed by atoms with E-state index in [9.17, 15) is 0 Å². The molecule has 1 rings (SSSR count). The van der Waals surface area contributed by atoms with Gasteiger partial charge in [0.2, 0.25) is 0 Å². The molecular formula is C14H30N2O. The zero-order valence-electron chi connectivity index (χ0n) is 11.9. The van der Waals surface area contributed by atoms with E-state index in [-0.39, 0.29) is 0 Å². The van der Waals surface area contributed by atoms with E-state index in [1.807, 2.05) is 0 Å². The SMILES string of the molecule is CCN1CCC(CNCCOCC(C)C)CC1. The van der Waals surface area contributed by atoms with Crippen LogP contribution in [-0.4, -0.2) is 50.8 Å². The number of nitrogens with zero attached hydrogens (tertiary/aromatic N) is 1. The third-order valence-corrected chi connectivity index (χ3v) is 3.46. The van der Waals surface area contributed by atoms with E-state index in [1.165, 1.54) is 39.0 Å². The highest BCUT2D eigenvalue weighted by molar-refractivity contribution is 4.72. The molecule has 0 saturated carbocycles. The molecule has 1 saturated heterocycles. The molecule has 0 aromatic rings. The van der Waals surface area contributed by atoms with Crippen LogP contribution >= 0.6 is 0 Å². The molecule has 17 heavy (non-hydrogen) atoms. The summed E-state index contributed by atoms with van der Waals surface area (Å²) in [5.41, 5.74) is 0. The summed E-state index contributed by atoms with van der Waals surface area (Å²) >= 11 is 0. The van der Waals surface area contributed by atoms with Crippen LogP contribution < -0.4 is 5.32 Å². The number of hydrogen-bond acceptors (Lipinski definition) is 3. The summed E-state index contributed by atoms with van der Waals surface area (Å²) in [5, 5.41) is 3.52. The summed E-state index contributed by atoms with van der Waals surface area (Å²) in [6, 6.07) is 0. The van der Waals surface area contributed by atoms with E-state index in [0.29, 0.717) is 5.92 Å². The first-order valence-corrected chi connectivity index (χ1v) is 7.23. The van der Waals surface area contributed by atoms with Gasteiger partial charge in [0.1, 0.15) is 0 Å². The van der Waals surface area contributed by atoms with Gasteiger partial charge in [0.05, 0.1) is 6.61 Å². The zero-order valence-corrected chi connectivity index (χ0v) is 11.9. The monoisotopic (exact) mass is 242 g/mol. The van der Waals surface area contributed by atoms with Crippen molar-refractivity contribution >= 4 is 0 Å². The Balaban J connectivity index is 1.90. The standard InChI is InChI=1S/C14H30N2O/c1-4-16-8-5-14(6-9-16)11-15-7-10-17-12-13(2)3/h13-15H,4-12H2,1-3H3. The Kier molecular flexibility index (Phi) is 7.82. The Bertz CT molecular complexity index is 177. The topological polar surface area (TPSA) is 24.5 Å². The first-order chi connectivity index (χ1) is 8.22. The van der Waals surface area contributed by atoms with Crippen molar-refractivity contribution in [3.05, 3.63) is 0 Å². The number of likely N-dealkylation sites (tertiary alicyclic amines) is 1. The first kappa shape index (κ1) is 14.9. The van der Waals surface area contributed by atoms with Crippen LogP contribution in [0.25, 0.3) is 0 Å². The minimum Gasteiger partial charge on any atom is -0.380 e. The van der Waals surface area contributed by atoms with Crippen LogP contribution in [0.2, 0.25) is 0 Å². The molecule has 0 atom stereocenters. The third kappa shape index (κ3) is 7.02. The molecule has 0 bridgehead atoms. The van der Waals surface area contributed by atoms with E-state index in [2.05, 4.69) is 31.0 Å². The molecule has 1 aliphatic heterocycles. The molecule has 1 N–H and O–H groups in total. The van der Waals surface area contributed by atoms with Gasteiger partial charge in [0.25, 0.3) is 0 Å². The minimum atomic E-state index is 0.647. The van der Waals surface area contributed by atoms with E-state index >= 15 is 0 Å². The number of ether oxygens (including phenoxy) is 1. The second kappa shape index (κ2) is 8.90. The van der Waals surface area contributed by atoms with Gasteiger partial charge in [0, 0.05) is 13.2 Å². The lowest BCUT2D eigenvalue weighted by atomic mass is 9.97. The van der Waals surface area contributed by atoms with E-state index in [0.717, 1.165) is 25.7 Å². The van der Waals surface area contributed by atoms with E-state index < -0.39 is 0 Å². The summed E-state index contributed by atoms with van der Waals surface area (Å²) in [4.78, 5) is 2.54. The smallest absolute Gasteiger partial charge is 0.0591 e. The van der Waals surface area contributed by atoms with Gasteiger partial charge in [0.15, 0.2) is 0 Å². The fourth-order valence-corrected chi connectivity index (χ4v) is 2.28. The molecule has 3 heteroatoms. The summed E-state index contributed by atoms with van der Waals surface area (Å²) < 4.78 is 5.55. The zero-order chi connectivity index (χ0) is 12.5. The van der Waals surface area contributed by atoms with Crippen LogP contribution in [0.5, 0.6) is 0 Å². The van der Waals surface area contributed by atoms with Crippen LogP contribution in [0.15, 0.2) is 0 Å². The van der Waals surface area contributed by atoms with Gasteiger partial charge < -0.3 is 15.0 Å². The number of nitrogens with one attached hydrogen (secondary N) is 1. The maximum absolute atomic E-state index is 5.55. The van der Waals surface area contributed by atoms with Crippen molar-refractivity contribution in [1.29, 1.82) is 0 Å². The van der Waals surface area contributed by atoms with Crippen molar-refractivity contribution in [3.8, 4) is 0 Å². The normalized spacial score (nSPS) is 19.1. The molecule has 0 amide bonds. The van der Waals surface area contributed by atoms with E-state index in [1.54, 1.807) is 0 Å². The average Bonchev–Trinajstić information content (AvgIpc) is 2.34. The molecule has 1 fully saturated rings. The summed E-state index contributed by atoms with van der Waals surface area (Å²) in [7, 11) is 0. The van der Waals surface area contributed by atoms with E-state index in [4.69, 9.17) is 4.74 Å². The predicted molar refractivity (Wildman–Crippen MR) is 73.4 cm³/mol. The van der Waals surface area contributed by atoms with Crippen molar-refractivity contribution in [1.82, 2.24) is 10.2 Å². The minimum absolute atomic E-state index is 0.647. The van der Waals surface area contributed by atoms with Crippen molar-refractivity contribution in [2.75, 3.05) is 45.9 Å². The van der Waals surface area contributed by atoms with Crippen LogP contribution in [0.4, 0.5) is 0 Å². The Morgan fingerprint density at radius 1 is 1.29 bits per heavy atom. The number of rotatable bonds is 8. The molecule has 0 aromatic heterocycles. The largest absolute Gasteiger partial charge is 0.380 e. The lowest BCUT2D eigenvalue weighted by Gasteiger charge is -2.31. The molecule has 0 radical (unpaired) electrons. The third-order valence-electron chi connectivity index (χ3n) is 3.46. The number of hydrogen-bond donors (Lipinski definition) is 1. The lowest BCUT2D eigenvalue weighted by molar-refractivity contribution is 0.110. The quantitative estimate of drug-likeness (QED) is 0.659. The fraction of sp³-hybridized carbons (Fsp3) is 1.00. The van der Waals surface area contributed by atoms with Gasteiger partial charge in [-0.15, -0.1) is 0 Å². The fourth-order valence-electron chi connectivity index (χ4n) is 2.28. The summed E-state index contributed by atoms with van der Waals surface area (Å²) in [6.45, 7) is 14.3. The van der Waals surface area contributed by atoms with Crippen molar-refractivity contribution < 1.29 is 4.74 Å². The van der Waals surface area contributed by atoms with Crippen molar-refractivity contribution in [2.24, 2.45) is 11.8 Å². The summed E-state index contributed by atoms with van der Waals surface area (Å²) in [6.07, 6.45) is 2.71. The second-order valence-corrected chi connectivity index (χ2v) is 5.55. The van der Waals surface area contributed by atoms with Gasteiger partial charge >= 0.3 is 0 Å². The lowest BCUT2D eigenvalue weighted by Crippen LogP contribution is -2.37. The maximum atomic E-state index is 5.55. The predicted octanol–water partition coefficient (Wildman–Crippen LogP) is 1.98. The van der Waals surface area contributed by atoms with Crippen LogP contribution in [0.1, 0.15) is 33.6 Å². The van der Waals surface area contributed by atoms with Crippen LogP contribution in [-0.2, 0) is 4.74 Å². The maximum Gasteiger partial charge on any atom is 0.0591 e. The molecule has 1 aliphatic rings. The molecule has 102 valence electrons. The first-order valence-electron chi connectivity index (χ1n) is 7.23. The second-order valence-electron chi connectivity index (χ2n) is 5.55. The van der Waals surface area contributed by atoms with Gasteiger partial charge in [-0.05, 0) is 50.9 Å². The molecule has 0 spiro atoms. The molecule has 0 aromatic carbocycles. The molecule has 1 heterocycles. The Morgan fingerprint density at radius 2 is 2.00 bits per heavy atom. The van der Waals surface area contributed by atoms with Crippen molar-refractivity contribution in [3.63, 3.8) is 0 Å². The molecule has 0 unspecified atom stereocenters. The number of piperidine rings is 1. The Labute approximate surface area is 107 Å². The van der Waals surface area contributed by atoms with Crippen LogP contribution in [0.3, 0.4) is 0 Å². The molecule has 3 nitrogen and oxygen atoms in total. The van der Waals surface area contributed by atoms with Crippen LogP contribution in [0, 0.1) is 11.8 Å². The molecular weight excluding hydrogens is 212 g/mol. The Hall–Kier alpha value is -0.120.